The van der Waals surface area contributed by atoms with Gasteiger partial charge in [-0.15, -0.1) is 6.58 Å². The van der Waals surface area contributed by atoms with Gasteiger partial charge < -0.3 is 5.32 Å². The van der Waals surface area contributed by atoms with E-state index in [-0.39, 0.29) is 16.6 Å². The SMILES string of the molecule is C=CCN1CCC(Nc2ccc(S(=O)(=O)Nc3ccccc3)cc2[N+](=O)[O-])CC1. The zero-order chi connectivity index (χ0) is 20.9. The molecule has 29 heavy (non-hydrogen) atoms. The Labute approximate surface area is 170 Å². The van der Waals surface area contributed by atoms with Crippen LogP contribution in [0.4, 0.5) is 17.1 Å². The highest BCUT2D eigenvalue weighted by Crippen LogP contribution is 2.30. The molecule has 9 heteroatoms. The van der Waals surface area contributed by atoms with Gasteiger partial charge in [0.2, 0.25) is 0 Å². The van der Waals surface area contributed by atoms with Gasteiger partial charge in [0.25, 0.3) is 15.7 Å². The van der Waals surface area contributed by atoms with Gasteiger partial charge in [-0.3, -0.25) is 19.7 Å². The zero-order valence-electron chi connectivity index (χ0n) is 16.0. The highest BCUT2D eigenvalue weighted by atomic mass is 32.2. The number of rotatable bonds is 8. The van der Waals surface area contributed by atoms with Crippen molar-refractivity contribution in [2.24, 2.45) is 0 Å². The van der Waals surface area contributed by atoms with Crippen molar-refractivity contribution >= 4 is 27.1 Å². The number of nitro groups is 1. The van der Waals surface area contributed by atoms with Crippen molar-refractivity contribution in [1.29, 1.82) is 0 Å². The third-order valence-corrected chi connectivity index (χ3v) is 6.22. The van der Waals surface area contributed by atoms with Gasteiger partial charge in [0, 0.05) is 37.4 Å². The topological polar surface area (TPSA) is 105 Å². The van der Waals surface area contributed by atoms with Gasteiger partial charge in [-0.2, -0.15) is 0 Å². The van der Waals surface area contributed by atoms with E-state index in [0.717, 1.165) is 38.5 Å². The predicted octanol–water partition coefficient (Wildman–Crippen LogP) is 3.46. The van der Waals surface area contributed by atoms with Gasteiger partial charge in [-0.05, 0) is 37.1 Å². The Balaban J connectivity index is 1.77. The maximum absolute atomic E-state index is 12.6. The molecule has 1 aliphatic rings. The molecule has 0 aromatic heterocycles. The van der Waals surface area contributed by atoms with E-state index >= 15 is 0 Å². The summed E-state index contributed by atoms with van der Waals surface area (Å²) in [5.74, 6) is 0. The molecule has 3 rings (SSSR count). The van der Waals surface area contributed by atoms with E-state index in [1.54, 1.807) is 30.3 Å². The van der Waals surface area contributed by atoms with Crippen molar-refractivity contribution in [3.63, 3.8) is 0 Å². The molecule has 8 nitrogen and oxygen atoms in total. The van der Waals surface area contributed by atoms with Crippen LogP contribution in [-0.4, -0.2) is 43.9 Å². The van der Waals surface area contributed by atoms with Gasteiger partial charge in [0.1, 0.15) is 5.69 Å². The lowest BCUT2D eigenvalue weighted by molar-refractivity contribution is -0.384. The second-order valence-corrected chi connectivity index (χ2v) is 8.60. The van der Waals surface area contributed by atoms with E-state index in [9.17, 15) is 18.5 Å². The van der Waals surface area contributed by atoms with Gasteiger partial charge >= 0.3 is 0 Å². The molecule has 1 aliphatic heterocycles. The van der Waals surface area contributed by atoms with E-state index in [1.165, 1.54) is 12.1 Å². The fourth-order valence-electron chi connectivity index (χ4n) is 3.33. The summed E-state index contributed by atoms with van der Waals surface area (Å²) in [6.07, 6.45) is 3.56. The standard InChI is InChI=1S/C20H24N4O4S/c1-2-12-23-13-10-16(11-14-23)21-19-9-8-18(15-20(19)24(25)26)29(27,28)22-17-6-4-3-5-7-17/h2-9,15-16,21-22H,1,10-14H2. The number of benzene rings is 2. The molecule has 0 saturated carbocycles. The average Bonchev–Trinajstić information content (AvgIpc) is 2.70. The minimum absolute atomic E-state index is 0.0969. The Hall–Kier alpha value is -2.91. The Morgan fingerprint density at radius 3 is 2.48 bits per heavy atom. The second-order valence-electron chi connectivity index (χ2n) is 6.92. The summed E-state index contributed by atoms with van der Waals surface area (Å²) in [6.45, 7) is 6.33. The van der Waals surface area contributed by atoms with Crippen LogP contribution in [0.15, 0.2) is 66.1 Å². The summed E-state index contributed by atoms with van der Waals surface area (Å²) in [5.41, 5.74) is 0.467. The third-order valence-electron chi connectivity index (χ3n) is 4.84. The number of piperidine rings is 1. The first kappa shape index (κ1) is 20.8. The van der Waals surface area contributed by atoms with E-state index in [4.69, 9.17) is 0 Å². The second kappa shape index (κ2) is 9.06. The Morgan fingerprint density at radius 2 is 1.86 bits per heavy atom. The van der Waals surface area contributed by atoms with E-state index < -0.39 is 14.9 Å². The number of anilines is 2. The van der Waals surface area contributed by atoms with Crippen molar-refractivity contribution in [2.75, 3.05) is 29.7 Å². The number of nitrogens with one attached hydrogen (secondary N) is 2. The van der Waals surface area contributed by atoms with Gasteiger partial charge in [0.05, 0.1) is 9.82 Å². The molecule has 0 atom stereocenters. The molecular weight excluding hydrogens is 392 g/mol. The molecule has 2 aromatic rings. The molecule has 0 unspecified atom stereocenters. The summed E-state index contributed by atoms with van der Waals surface area (Å²) in [5, 5.41) is 14.8. The largest absolute Gasteiger partial charge is 0.377 e. The van der Waals surface area contributed by atoms with Gasteiger partial charge in [-0.1, -0.05) is 24.3 Å². The first-order valence-electron chi connectivity index (χ1n) is 9.35. The van der Waals surface area contributed by atoms with Gasteiger partial charge in [-0.25, -0.2) is 8.42 Å². The maximum atomic E-state index is 12.6. The highest BCUT2D eigenvalue weighted by Gasteiger charge is 2.24. The van der Waals surface area contributed by atoms with Crippen LogP contribution in [0.5, 0.6) is 0 Å². The van der Waals surface area contributed by atoms with Crippen LogP contribution >= 0.6 is 0 Å². The molecule has 154 valence electrons. The molecule has 2 aromatic carbocycles. The first-order valence-corrected chi connectivity index (χ1v) is 10.8. The molecule has 0 spiro atoms. The quantitative estimate of drug-likeness (QED) is 0.388. The molecule has 1 saturated heterocycles. The number of nitrogens with zero attached hydrogens (tertiary/aromatic N) is 2. The Kier molecular flexibility index (Phi) is 6.50. The smallest absolute Gasteiger partial charge is 0.293 e. The van der Waals surface area contributed by atoms with E-state index in [1.807, 2.05) is 6.08 Å². The van der Waals surface area contributed by atoms with Crippen LogP contribution < -0.4 is 10.0 Å². The lowest BCUT2D eigenvalue weighted by atomic mass is 10.0. The normalized spacial score (nSPS) is 15.6. The van der Waals surface area contributed by atoms with Crippen molar-refractivity contribution < 1.29 is 13.3 Å². The lowest BCUT2D eigenvalue weighted by Gasteiger charge is -2.32. The molecule has 1 fully saturated rings. The molecule has 1 heterocycles. The van der Waals surface area contributed by atoms with E-state index in [2.05, 4.69) is 21.5 Å². The van der Waals surface area contributed by atoms with Crippen LogP contribution in [0.2, 0.25) is 0 Å². The number of para-hydroxylation sites is 1. The molecule has 0 radical (unpaired) electrons. The number of hydrogen-bond acceptors (Lipinski definition) is 6. The summed E-state index contributed by atoms with van der Waals surface area (Å²) in [7, 11) is -3.93. The van der Waals surface area contributed by atoms with Gasteiger partial charge in [0.15, 0.2) is 0 Å². The number of sulfonamides is 1. The monoisotopic (exact) mass is 416 g/mol. The Bertz CT molecular complexity index is 971. The lowest BCUT2D eigenvalue weighted by Crippen LogP contribution is -2.39. The molecule has 2 N–H and O–H groups in total. The third kappa shape index (κ3) is 5.33. The summed E-state index contributed by atoms with van der Waals surface area (Å²) < 4.78 is 27.6. The fraction of sp³-hybridized carbons (Fsp3) is 0.300. The number of likely N-dealkylation sites (tertiary alicyclic amines) is 1. The summed E-state index contributed by atoms with van der Waals surface area (Å²) >= 11 is 0. The highest BCUT2D eigenvalue weighted by molar-refractivity contribution is 7.92. The van der Waals surface area contributed by atoms with Crippen LogP contribution in [0, 0.1) is 10.1 Å². The summed E-state index contributed by atoms with van der Waals surface area (Å²) in [6, 6.07) is 12.4. The average molecular weight is 417 g/mol. The number of nitro benzene ring substituents is 1. The number of hydrogen-bond donors (Lipinski definition) is 2. The molecule has 0 bridgehead atoms. The van der Waals surface area contributed by atoms with Crippen LogP contribution in [-0.2, 0) is 10.0 Å². The predicted molar refractivity (Wildman–Crippen MR) is 114 cm³/mol. The zero-order valence-corrected chi connectivity index (χ0v) is 16.8. The van der Waals surface area contributed by atoms with Crippen LogP contribution in [0.3, 0.4) is 0 Å². The molecule has 0 amide bonds. The summed E-state index contributed by atoms with van der Waals surface area (Å²) in [4.78, 5) is 13.1. The van der Waals surface area contributed by atoms with Crippen LogP contribution in [0.25, 0.3) is 0 Å². The Morgan fingerprint density at radius 1 is 1.17 bits per heavy atom. The first-order chi connectivity index (χ1) is 13.9. The van der Waals surface area contributed by atoms with E-state index in [0.29, 0.717) is 11.4 Å². The van der Waals surface area contributed by atoms with Crippen molar-refractivity contribution in [3.8, 4) is 0 Å². The van der Waals surface area contributed by atoms with Crippen molar-refractivity contribution in [3.05, 3.63) is 71.3 Å². The molecule has 0 aliphatic carbocycles. The minimum Gasteiger partial charge on any atom is -0.377 e. The van der Waals surface area contributed by atoms with Crippen molar-refractivity contribution in [1.82, 2.24) is 4.90 Å². The maximum Gasteiger partial charge on any atom is 0.293 e. The van der Waals surface area contributed by atoms with Crippen LogP contribution in [0.1, 0.15) is 12.8 Å². The minimum atomic E-state index is -3.93. The van der Waals surface area contributed by atoms with Crippen molar-refractivity contribution in [2.45, 2.75) is 23.8 Å². The fourth-order valence-corrected chi connectivity index (χ4v) is 4.41. The molecular formula is C20H24N4O4S.